The summed E-state index contributed by atoms with van der Waals surface area (Å²) >= 11 is 0. The van der Waals surface area contributed by atoms with Crippen LogP contribution in [0.5, 0.6) is 0 Å². The van der Waals surface area contributed by atoms with Gasteiger partial charge in [0.25, 0.3) is 5.91 Å². The number of amides is 2. The van der Waals surface area contributed by atoms with E-state index in [-0.39, 0.29) is 11.8 Å². The normalized spacial score (nSPS) is 14.3. The lowest BCUT2D eigenvalue weighted by Crippen LogP contribution is -2.48. The third kappa shape index (κ3) is 4.28. The van der Waals surface area contributed by atoms with Gasteiger partial charge in [-0.25, -0.2) is 9.97 Å². The predicted octanol–water partition coefficient (Wildman–Crippen LogP) is 0.470. The molecule has 0 radical (unpaired) electrons. The van der Waals surface area contributed by atoms with Gasteiger partial charge in [0.05, 0.1) is 0 Å². The molecule has 1 N–H and O–H groups in total. The number of hydrogen-bond donors (Lipinski definition) is 1. The quantitative estimate of drug-likeness (QED) is 0.870. The molecular weight excluding hydrogens is 320 g/mol. The summed E-state index contributed by atoms with van der Waals surface area (Å²) in [5.41, 5.74) is 1.30. The summed E-state index contributed by atoms with van der Waals surface area (Å²) in [7, 11) is 0. The molecule has 0 saturated carbocycles. The lowest BCUT2D eigenvalue weighted by atomic mass is 10.2. The van der Waals surface area contributed by atoms with Crippen molar-refractivity contribution in [3.05, 3.63) is 48.0 Å². The van der Waals surface area contributed by atoms with Crippen LogP contribution in [0.25, 0.3) is 0 Å². The molecular formula is C17H20N6O2. The molecule has 1 fully saturated rings. The topological polar surface area (TPSA) is 91.3 Å². The summed E-state index contributed by atoms with van der Waals surface area (Å²) in [6, 6.07) is 5.29. The van der Waals surface area contributed by atoms with Gasteiger partial charge in [-0.2, -0.15) is 0 Å². The minimum absolute atomic E-state index is 0.0739. The molecule has 2 aromatic rings. The molecule has 2 aromatic heterocycles. The smallest absolute Gasteiger partial charge is 0.270 e. The molecule has 3 rings (SSSR count). The van der Waals surface area contributed by atoms with Gasteiger partial charge in [0.2, 0.25) is 11.9 Å². The number of aromatic nitrogens is 3. The Hall–Kier alpha value is -3.03. The fourth-order valence-electron chi connectivity index (χ4n) is 2.62. The number of pyridine rings is 1. The van der Waals surface area contributed by atoms with Crippen molar-refractivity contribution in [2.24, 2.45) is 0 Å². The largest absolute Gasteiger partial charge is 0.347 e. The summed E-state index contributed by atoms with van der Waals surface area (Å²) in [6.07, 6.45) is 4.96. The van der Waals surface area contributed by atoms with E-state index in [2.05, 4.69) is 20.3 Å². The lowest BCUT2D eigenvalue weighted by molar-refractivity contribution is -0.129. The lowest BCUT2D eigenvalue weighted by Gasteiger charge is -2.34. The molecule has 0 unspecified atom stereocenters. The maximum absolute atomic E-state index is 12.3. The van der Waals surface area contributed by atoms with Crippen LogP contribution in [0.2, 0.25) is 0 Å². The van der Waals surface area contributed by atoms with Gasteiger partial charge < -0.3 is 15.1 Å². The van der Waals surface area contributed by atoms with E-state index in [1.807, 2.05) is 17.0 Å². The highest BCUT2D eigenvalue weighted by Crippen LogP contribution is 2.11. The number of carbonyl (C=O) groups excluding carboxylic acids is 2. The standard InChI is InChI=1S/C17H20N6O2/c1-13(24)22-8-10-23(11-9-22)17-19-7-4-15(21-17)16(25)20-12-14-2-5-18-6-3-14/h2-7H,8-12H2,1H3,(H,20,25). The van der Waals surface area contributed by atoms with Crippen LogP contribution in [-0.4, -0.2) is 57.8 Å². The highest BCUT2D eigenvalue weighted by molar-refractivity contribution is 5.92. The van der Waals surface area contributed by atoms with E-state index in [9.17, 15) is 9.59 Å². The van der Waals surface area contributed by atoms with Crippen molar-refractivity contribution in [1.29, 1.82) is 0 Å². The van der Waals surface area contributed by atoms with Crippen molar-refractivity contribution >= 4 is 17.8 Å². The summed E-state index contributed by atoms with van der Waals surface area (Å²) in [5.74, 6) is 0.340. The van der Waals surface area contributed by atoms with Gasteiger partial charge in [-0.15, -0.1) is 0 Å². The highest BCUT2D eigenvalue weighted by Gasteiger charge is 2.21. The van der Waals surface area contributed by atoms with E-state index in [4.69, 9.17) is 0 Å². The molecule has 1 saturated heterocycles. The molecule has 3 heterocycles. The first-order chi connectivity index (χ1) is 12.1. The van der Waals surface area contributed by atoms with Gasteiger partial charge in [-0.05, 0) is 23.8 Å². The second-order valence-electron chi connectivity index (χ2n) is 5.77. The Kier molecular flexibility index (Phi) is 5.17. The van der Waals surface area contributed by atoms with Crippen LogP contribution < -0.4 is 10.2 Å². The van der Waals surface area contributed by atoms with E-state index < -0.39 is 0 Å². The number of hydrogen-bond acceptors (Lipinski definition) is 6. The van der Waals surface area contributed by atoms with Gasteiger partial charge in [-0.1, -0.05) is 0 Å². The fraction of sp³-hybridized carbons (Fsp3) is 0.353. The first-order valence-corrected chi connectivity index (χ1v) is 8.14. The maximum Gasteiger partial charge on any atom is 0.270 e. The van der Waals surface area contributed by atoms with Crippen LogP contribution in [0, 0.1) is 0 Å². The molecule has 25 heavy (non-hydrogen) atoms. The average molecular weight is 340 g/mol. The Morgan fingerprint density at radius 3 is 2.48 bits per heavy atom. The minimum Gasteiger partial charge on any atom is -0.347 e. The molecule has 8 nitrogen and oxygen atoms in total. The van der Waals surface area contributed by atoms with E-state index in [0.717, 1.165) is 5.56 Å². The Morgan fingerprint density at radius 2 is 1.80 bits per heavy atom. The van der Waals surface area contributed by atoms with Gasteiger partial charge in [0, 0.05) is 58.2 Å². The third-order valence-electron chi connectivity index (χ3n) is 4.09. The zero-order chi connectivity index (χ0) is 17.6. The number of nitrogens with zero attached hydrogens (tertiary/aromatic N) is 5. The van der Waals surface area contributed by atoms with Gasteiger partial charge in [0.15, 0.2) is 0 Å². The van der Waals surface area contributed by atoms with Crippen molar-refractivity contribution in [3.8, 4) is 0 Å². The average Bonchev–Trinajstić information content (AvgIpc) is 2.67. The Morgan fingerprint density at radius 1 is 1.08 bits per heavy atom. The highest BCUT2D eigenvalue weighted by atomic mass is 16.2. The number of nitrogens with one attached hydrogen (secondary N) is 1. The summed E-state index contributed by atoms with van der Waals surface area (Å²) in [6.45, 7) is 4.57. The van der Waals surface area contributed by atoms with E-state index in [1.54, 1.807) is 36.5 Å². The van der Waals surface area contributed by atoms with Crippen LogP contribution in [0.15, 0.2) is 36.8 Å². The van der Waals surface area contributed by atoms with E-state index in [1.165, 1.54) is 0 Å². The van der Waals surface area contributed by atoms with Crippen molar-refractivity contribution in [2.75, 3.05) is 31.1 Å². The molecule has 8 heteroatoms. The first kappa shape index (κ1) is 16.8. The van der Waals surface area contributed by atoms with Crippen LogP contribution in [0.4, 0.5) is 5.95 Å². The minimum atomic E-state index is -0.247. The van der Waals surface area contributed by atoms with Gasteiger partial charge in [-0.3, -0.25) is 14.6 Å². The Labute approximate surface area is 145 Å². The molecule has 0 spiro atoms. The second kappa shape index (κ2) is 7.69. The molecule has 0 aliphatic carbocycles. The molecule has 0 atom stereocenters. The van der Waals surface area contributed by atoms with Crippen molar-refractivity contribution in [2.45, 2.75) is 13.5 Å². The SMILES string of the molecule is CC(=O)N1CCN(c2nccc(C(=O)NCc3ccncc3)n2)CC1. The maximum atomic E-state index is 12.3. The molecule has 0 bridgehead atoms. The zero-order valence-electron chi connectivity index (χ0n) is 14.1. The monoisotopic (exact) mass is 340 g/mol. The Bertz CT molecular complexity index is 744. The zero-order valence-corrected chi connectivity index (χ0v) is 14.1. The van der Waals surface area contributed by atoms with Crippen LogP contribution >= 0.6 is 0 Å². The molecule has 2 amide bonds. The van der Waals surface area contributed by atoms with Crippen molar-refractivity contribution in [1.82, 2.24) is 25.2 Å². The van der Waals surface area contributed by atoms with Crippen molar-refractivity contribution < 1.29 is 9.59 Å². The third-order valence-corrected chi connectivity index (χ3v) is 4.09. The van der Waals surface area contributed by atoms with Crippen molar-refractivity contribution in [3.63, 3.8) is 0 Å². The first-order valence-electron chi connectivity index (χ1n) is 8.14. The predicted molar refractivity (Wildman–Crippen MR) is 91.9 cm³/mol. The van der Waals surface area contributed by atoms with E-state index >= 15 is 0 Å². The fourth-order valence-corrected chi connectivity index (χ4v) is 2.62. The van der Waals surface area contributed by atoms with Crippen LogP contribution in [-0.2, 0) is 11.3 Å². The molecule has 1 aliphatic heterocycles. The summed E-state index contributed by atoms with van der Waals surface area (Å²) in [5, 5.41) is 2.84. The van der Waals surface area contributed by atoms with Gasteiger partial charge >= 0.3 is 0 Å². The van der Waals surface area contributed by atoms with Gasteiger partial charge in [0.1, 0.15) is 5.69 Å². The van der Waals surface area contributed by atoms with E-state index in [0.29, 0.717) is 44.4 Å². The number of anilines is 1. The Balaban J connectivity index is 1.61. The molecule has 0 aromatic carbocycles. The second-order valence-corrected chi connectivity index (χ2v) is 5.77. The van der Waals surface area contributed by atoms with Crippen LogP contribution in [0.3, 0.4) is 0 Å². The summed E-state index contributed by atoms with van der Waals surface area (Å²) < 4.78 is 0. The molecule has 1 aliphatic rings. The number of piperazine rings is 1. The number of carbonyl (C=O) groups is 2. The molecule has 130 valence electrons. The number of rotatable bonds is 4. The van der Waals surface area contributed by atoms with Crippen LogP contribution in [0.1, 0.15) is 23.0 Å². The summed E-state index contributed by atoms with van der Waals surface area (Å²) in [4.78, 5) is 40.0.